The first kappa shape index (κ1) is 12.1. The fourth-order valence-electron chi connectivity index (χ4n) is 2.44. The van der Waals surface area contributed by atoms with E-state index in [4.69, 9.17) is 10.5 Å². The van der Waals surface area contributed by atoms with Crippen LogP contribution in [0, 0.1) is 5.92 Å². The van der Waals surface area contributed by atoms with Crippen LogP contribution in [0.5, 0.6) is 0 Å². The fourth-order valence-corrected chi connectivity index (χ4v) is 3.50. The predicted molar refractivity (Wildman–Crippen MR) is 69.7 cm³/mol. The Balaban J connectivity index is 1.68. The first-order chi connectivity index (χ1) is 8.74. The zero-order valence-corrected chi connectivity index (χ0v) is 11.0. The van der Waals surface area contributed by atoms with Gasteiger partial charge in [-0.15, -0.1) is 11.3 Å². The number of ether oxygens (including phenoxy) is 1. The Bertz CT molecular complexity index is 437. The van der Waals surface area contributed by atoms with Gasteiger partial charge in [-0.3, -0.25) is 4.79 Å². The normalized spacial score (nSPS) is 26.9. The number of aryl methyl sites for hydroxylation is 2. The molecule has 1 aliphatic carbocycles. The van der Waals surface area contributed by atoms with Gasteiger partial charge in [-0.25, -0.2) is 4.98 Å². The van der Waals surface area contributed by atoms with Gasteiger partial charge in [0.25, 0.3) is 0 Å². The van der Waals surface area contributed by atoms with Gasteiger partial charge in [0.05, 0.1) is 24.8 Å². The van der Waals surface area contributed by atoms with Gasteiger partial charge in [-0.1, -0.05) is 0 Å². The highest BCUT2D eigenvalue weighted by atomic mass is 32.1. The summed E-state index contributed by atoms with van der Waals surface area (Å²) < 4.78 is 5.21. The molecule has 3 rings (SSSR count). The zero-order chi connectivity index (χ0) is 12.5. The summed E-state index contributed by atoms with van der Waals surface area (Å²) in [6.07, 6.45) is 4.55. The second-order valence-electron chi connectivity index (χ2n) is 4.89. The third-order valence-electron chi connectivity index (χ3n) is 3.54. The van der Waals surface area contributed by atoms with E-state index in [1.165, 1.54) is 17.7 Å². The molecule has 6 heteroatoms. The first-order valence-electron chi connectivity index (χ1n) is 6.37. The molecule has 0 bridgehead atoms. The standard InChI is InChI=1S/C12H17N3O2S/c13-8-6-17-5-7(8)11(16)15-12-14-9-3-1-2-4-10(9)18-12/h7-8H,1-6,13H2,(H,14,15,16). The maximum Gasteiger partial charge on any atom is 0.233 e. The topological polar surface area (TPSA) is 77.2 Å². The van der Waals surface area contributed by atoms with Gasteiger partial charge in [0.2, 0.25) is 5.91 Å². The molecule has 1 saturated heterocycles. The number of rotatable bonds is 2. The Kier molecular flexibility index (Phi) is 3.32. The molecule has 3 N–H and O–H groups in total. The Morgan fingerprint density at radius 2 is 2.22 bits per heavy atom. The van der Waals surface area contributed by atoms with Gasteiger partial charge in [0.1, 0.15) is 0 Å². The lowest BCUT2D eigenvalue weighted by molar-refractivity contribution is -0.120. The van der Waals surface area contributed by atoms with Crippen molar-refractivity contribution in [1.82, 2.24) is 4.98 Å². The number of hydrogen-bond donors (Lipinski definition) is 2. The van der Waals surface area contributed by atoms with Crippen LogP contribution >= 0.6 is 11.3 Å². The lowest BCUT2D eigenvalue weighted by atomic mass is 10.0. The number of carbonyl (C=O) groups is 1. The number of carbonyl (C=O) groups excluding carboxylic acids is 1. The van der Waals surface area contributed by atoms with E-state index in [1.54, 1.807) is 11.3 Å². The smallest absolute Gasteiger partial charge is 0.233 e. The maximum atomic E-state index is 12.0. The number of nitrogens with two attached hydrogens (primary N) is 1. The molecule has 0 spiro atoms. The van der Waals surface area contributed by atoms with E-state index in [9.17, 15) is 4.79 Å². The molecule has 98 valence electrons. The number of aromatic nitrogens is 1. The molecule has 1 aliphatic heterocycles. The predicted octanol–water partition coefficient (Wildman–Crippen LogP) is 0.934. The van der Waals surface area contributed by atoms with Crippen molar-refractivity contribution in [2.75, 3.05) is 18.5 Å². The van der Waals surface area contributed by atoms with Crippen molar-refractivity contribution in [2.45, 2.75) is 31.7 Å². The summed E-state index contributed by atoms with van der Waals surface area (Å²) in [6.45, 7) is 0.880. The molecular weight excluding hydrogens is 250 g/mol. The Labute approximate surface area is 110 Å². The number of hydrogen-bond acceptors (Lipinski definition) is 5. The van der Waals surface area contributed by atoms with E-state index in [0.717, 1.165) is 18.5 Å². The fraction of sp³-hybridized carbons (Fsp3) is 0.667. The molecule has 1 amide bonds. The second-order valence-corrected chi connectivity index (χ2v) is 5.98. The number of fused-ring (bicyclic) bond motifs is 1. The van der Waals surface area contributed by atoms with Crippen LogP contribution < -0.4 is 11.1 Å². The van der Waals surface area contributed by atoms with Crippen molar-refractivity contribution in [3.63, 3.8) is 0 Å². The molecule has 2 atom stereocenters. The van der Waals surface area contributed by atoms with Gasteiger partial charge in [-0.2, -0.15) is 0 Å². The second kappa shape index (κ2) is 4.95. The molecule has 0 saturated carbocycles. The lowest BCUT2D eigenvalue weighted by Crippen LogP contribution is -2.37. The highest BCUT2D eigenvalue weighted by Crippen LogP contribution is 2.30. The van der Waals surface area contributed by atoms with Gasteiger partial charge >= 0.3 is 0 Å². The summed E-state index contributed by atoms with van der Waals surface area (Å²) in [5, 5.41) is 3.59. The molecule has 2 heterocycles. The van der Waals surface area contributed by atoms with Crippen LogP contribution in [0.2, 0.25) is 0 Å². The quantitative estimate of drug-likeness (QED) is 0.836. The van der Waals surface area contributed by atoms with E-state index in [2.05, 4.69) is 10.3 Å². The molecular formula is C12H17N3O2S. The highest BCUT2D eigenvalue weighted by molar-refractivity contribution is 7.15. The number of nitrogens with zero attached hydrogens (tertiary/aromatic N) is 1. The van der Waals surface area contributed by atoms with Gasteiger partial charge in [0, 0.05) is 10.9 Å². The average Bonchev–Trinajstić information content (AvgIpc) is 2.94. The summed E-state index contributed by atoms with van der Waals surface area (Å²) in [7, 11) is 0. The van der Waals surface area contributed by atoms with Crippen molar-refractivity contribution in [3.8, 4) is 0 Å². The minimum atomic E-state index is -0.245. The minimum Gasteiger partial charge on any atom is -0.379 e. The van der Waals surface area contributed by atoms with Gasteiger partial charge in [0.15, 0.2) is 5.13 Å². The Hall–Kier alpha value is -0.980. The molecule has 2 unspecified atom stereocenters. The van der Waals surface area contributed by atoms with Crippen LogP contribution in [-0.4, -0.2) is 30.1 Å². The van der Waals surface area contributed by atoms with Crippen LogP contribution in [0.15, 0.2) is 0 Å². The van der Waals surface area contributed by atoms with E-state index < -0.39 is 0 Å². The molecule has 0 radical (unpaired) electrons. The van der Waals surface area contributed by atoms with E-state index in [-0.39, 0.29) is 17.9 Å². The summed E-state index contributed by atoms with van der Waals surface area (Å²) in [4.78, 5) is 17.8. The summed E-state index contributed by atoms with van der Waals surface area (Å²) >= 11 is 1.60. The third-order valence-corrected chi connectivity index (χ3v) is 4.61. The van der Waals surface area contributed by atoms with Crippen LogP contribution in [-0.2, 0) is 22.4 Å². The highest BCUT2D eigenvalue weighted by Gasteiger charge is 2.32. The van der Waals surface area contributed by atoms with Crippen LogP contribution in [0.3, 0.4) is 0 Å². The van der Waals surface area contributed by atoms with Crippen LogP contribution in [0.1, 0.15) is 23.4 Å². The number of anilines is 1. The SMILES string of the molecule is NC1COCC1C(=O)Nc1nc2c(s1)CCCC2. The maximum absolute atomic E-state index is 12.0. The van der Waals surface area contributed by atoms with Crippen molar-refractivity contribution in [3.05, 3.63) is 10.6 Å². The first-order valence-corrected chi connectivity index (χ1v) is 7.18. The van der Waals surface area contributed by atoms with Gasteiger partial charge in [-0.05, 0) is 25.7 Å². The van der Waals surface area contributed by atoms with E-state index in [0.29, 0.717) is 18.3 Å². The number of thiazole rings is 1. The monoisotopic (exact) mass is 267 g/mol. The molecule has 1 aromatic heterocycles. The average molecular weight is 267 g/mol. The van der Waals surface area contributed by atoms with Crippen LogP contribution in [0.4, 0.5) is 5.13 Å². The van der Waals surface area contributed by atoms with Crippen molar-refractivity contribution in [2.24, 2.45) is 11.7 Å². The summed E-state index contributed by atoms with van der Waals surface area (Å²) in [6, 6.07) is -0.195. The Morgan fingerprint density at radius 3 is 2.94 bits per heavy atom. The number of amides is 1. The van der Waals surface area contributed by atoms with Crippen molar-refractivity contribution in [1.29, 1.82) is 0 Å². The van der Waals surface area contributed by atoms with Gasteiger partial charge < -0.3 is 15.8 Å². The lowest BCUT2D eigenvalue weighted by Gasteiger charge is -2.11. The molecule has 0 aromatic carbocycles. The van der Waals surface area contributed by atoms with Crippen molar-refractivity contribution < 1.29 is 9.53 Å². The van der Waals surface area contributed by atoms with E-state index >= 15 is 0 Å². The molecule has 5 nitrogen and oxygen atoms in total. The minimum absolute atomic E-state index is 0.0638. The van der Waals surface area contributed by atoms with Crippen LogP contribution in [0.25, 0.3) is 0 Å². The zero-order valence-electron chi connectivity index (χ0n) is 10.1. The van der Waals surface area contributed by atoms with Crippen molar-refractivity contribution >= 4 is 22.4 Å². The summed E-state index contributed by atoms with van der Waals surface area (Å²) in [5.41, 5.74) is 6.99. The molecule has 18 heavy (non-hydrogen) atoms. The molecule has 2 aliphatic rings. The largest absolute Gasteiger partial charge is 0.379 e. The number of nitrogens with one attached hydrogen (secondary N) is 1. The third kappa shape index (κ3) is 2.28. The van der Waals surface area contributed by atoms with E-state index in [1.807, 2.05) is 0 Å². The molecule has 1 aromatic rings. The molecule has 1 fully saturated rings. The summed E-state index contributed by atoms with van der Waals surface area (Å²) in [5.74, 6) is -0.308. The Morgan fingerprint density at radius 1 is 1.39 bits per heavy atom.